The molecule has 0 aliphatic carbocycles. The Bertz CT molecular complexity index is 1130. The van der Waals surface area contributed by atoms with Crippen molar-refractivity contribution in [1.82, 2.24) is 29.9 Å². The summed E-state index contributed by atoms with van der Waals surface area (Å²) in [6.07, 6.45) is 13.1. The van der Waals surface area contributed by atoms with Gasteiger partial charge in [0.05, 0.1) is 12.0 Å². The maximum Gasteiger partial charge on any atom is 0.129 e. The van der Waals surface area contributed by atoms with Gasteiger partial charge in [-0.3, -0.25) is 4.98 Å². The smallest absolute Gasteiger partial charge is 0.129 e. The summed E-state index contributed by atoms with van der Waals surface area (Å²) < 4.78 is 2.06. The lowest BCUT2D eigenvalue weighted by Gasteiger charge is -2.22. The van der Waals surface area contributed by atoms with E-state index in [2.05, 4.69) is 54.8 Å². The second-order valence-electron chi connectivity index (χ2n) is 7.58. The van der Waals surface area contributed by atoms with Crippen LogP contribution in [0.4, 0.5) is 0 Å². The largest absolute Gasteiger partial charge is 0.336 e. The number of hydrogen-bond donors (Lipinski definition) is 1. The molecule has 6 nitrogen and oxygen atoms in total. The van der Waals surface area contributed by atoms with E-state index in [1.165, 1.54) is 0 Å². The van der Waals surface area contributed by atoms with Crippen LogP contribution < -0.4 is 0 Å². The summed E-state index contributed by atoms with van der Waals surface area (Å²) in [6.45, 7) is 0.803. The molecule has 0 saturated carbocycles. The lowest BCUT2D eigenvalue weighted by molar-refractivity contribution is 0.696. The van der Waals surface area contributed by atoms with Gasteiger partial charge in [0, 0.05) is 29.5 Å². The predicted octanol–water partition coefficient (Wildman–Crippen LogP) is 4.68. The van der Waals surface area contributed by atoms with Crippen molar-refractivity contribution in [3.63, 3.8) is 0 Å². The van der Waals surface area contributed by atoms with E-state index < -0.39 is 10.0 Å². The number of rotatable bonds is 6. The van der Waals surface area contributed by atoms with Crippen molar-refractivity contribution in [2.45, 2.75) is 18.0 Å². The van der Waals surface area contributed by atoms with Crippen molar-refractivity contribution < 1.29 is 0 Å². The molecule has 150 valence electrons. The third kappa shape index (κ3) is 4.36. The molecule has 0 unspecified atom stereocenters. The molecule has 0 aliphatic rings. The maximum atomic E-state index is 6.26. The first kappa shape index (κ1) is 19.7. The van der Waals surface area contributed by atoms with Gasteiger partial charge in [-0.1, -0.05) is 29.8 Å². The predicted molar refractivity (Wildman–Crippen MR) is 120 cm³/mol. The van der Waals surface area contributed by atoms with E-state index in [-0.39, 0.29) is 0 Å². The normalized spacial score (nSPS) is 12.3. The summed E-state index contributed by atoms with van der Waals surface area (Å²) in [5.41, 5.74) is 4.66. The van der Waals surface area contributed by atoms with Crippen molar-refractivity contribution in [3.8, 4) is 22.6 Å². The van der Waals surface area contributed by atoms with Gasteiger partial charge < -0.3 is 4.57 Å². The number of aromatic amines is 1. The molecule has 8 heteroatoms. The van der Waals surface area contributed by atoms with Crippen LogP contribution in [0.5, 0.6) is 0 Å². The molecule has 29 heavy (non-hydrogen) atoms. The number of H-pyrrole nitrogens is 1. The lowest BCUT2D eigenvalue weighted by Crippen LogP contribution is -1.99. The fourth-order valence-corrected chi connectivity index (χ4v) is 4.41. The highest BCUT2D eigenvalue weighted by Crippen LogP contribution is 2.47. The van der Waals surface area contributed by atoms with Crippen LogP contribution in [0.1, 0.15) is 5.56 Å². The fourth-order valence-electron chi connectivity index (χ4n) is 3.12. The number of aryl methyl sites for hydroxylation is 2. The minimum atomic E-state index is -1.00. The zero-order chi connectivity index (χ0) is 20.4. The second kappa shape index (κ2) is 8.00. The average molecular weight is 427 g/mol. The summed E-state index contributed by atoms with van der Waals surface area (Å²) >= 11 is 6.26. The van der Waals surface area contributed by atoms with Crippen molar-refractivity contribution in [2.75, 3.05) is 18.8 Å². The van der Waals surface area contributed by atoms with E-state index in [1.807, 2.05) is 42.9 Å². The van der Waals surface area contributed by atoms with Crippen molar-refractivity contribution in [2.24, 2.45) is 0 Å². The number of aromatic nitrogens is 6. The van der Waals surface area contributed by atoms with Crippen LogP contribution >= 0.6 is 21.6 Å². The Kier molecular flexibility index (Phi) is 5.43. The van der Waals surface area contributed by atoms with Gasteiger partial charge in [0.1, 0.15) is 16.4 Å². The molecule has 4 rings (SSSR count). The Morgan fingerprint density at radius 2 is 1.86 bits per heavy atom. The Hall–Kier alpha value is -2.64. The molecule has 0 saturated heterocycles. The molecular formula is C21H23ClN6S. The quantitative estimate of drug-likeness (QED) is 0.485. The van der Waals surface area contributed by atoms with Crippen LogP contribution in [0.2, 0.25) is 5.02 Å². The number of halogens is 1. The summed E-state index contributed by atoms with van der Waals surface area (Å²) in [7, 11) is -1.00. The first-order chi connectivity index (χ1) is 13.9. The molecule has 0 aliphatic heterocycles. The van der Waals surface area contributed by atoms with E-state index >= 15 is 0 Å². The Morgan fingerprint density at radius 1 is 1.03 bits per heavy atom. The Labute approximate surface area is 176 Å². The Morgan fingerprint density at radius 3 is 2.66 bits per heavy atom. The van der Waals surface area contributed by atoms with Crippen LogP contribution in [0, 0.1) is 0 Å². The molecule has 0 bridgehead atoms. The highest BCUT2D eigenvalue weighted by atomic mass is 35.5. The van der Waals surface area contributed by atoms with Gasteiger partial charge in [-0.2, -0.15) is 15.4 Å². The van der Waals surface area contributed by atoms with E-state index in [0.717, 1.165) is 51.2 Å². The van der Waals surface area contributed by atoms with Crippen molar-refractivity contribution in [1.29, 1.82) is 0 Å². The second-order valence-corrected chi connectivity index (χ2v) is 12.1. The first-order valence-electron chi connectivity index (χ1n) is 9.23. The van der Waals surface area contributed by atoms with Crippen LogP contribution in [0.25, 0.3) is 22.6 Å². The highest BCUT2D eigenvalue weighted by Gasteiger charge is 2.20. The van der Waals surface area contributed by atoms with Gasteiger partial charge in [0.25, 0.3) is 0 Å². The highest BCUT2D eigenvalue weighted by molar-refractivity contribution is 8.32. The third-order valence-electron chi connectivity index (χ3n) is 4.62. The monoisotopic (exact) mass is 426 g/mol. The molecule has 1 aromatic carbocycles. The van der Waals surface area contributed by atoms with Gasteiger partial charge in [-0.25, -0.2) is 15.0 Å². The number of pyridine rings is 1. The topological polar surface area (TPSA) is 72.3 Å². The van der Waals surface area contributed by atoms with Crippen LogP contribution in [-0.4, -0.2) is 48.7 Å². The third-order valence-corrected chi connectivity index (χ3v) is 6.44. The standard InChI is InChI=1S/C21H23ClN6S/c1-29(2,3)21-20(25-27-26-21)16-8-10-23-18(12-16)19-13-28(14-24-19)11-9-15-6-4-5-7-17(15)22/h4-8,10,12-14H,9,11H2,1-3H3,(H,25,26,27). The molecule has 0 radical (unpaired) electrons. The Balaban J connectivity index is 1.56. The van der Waals surface area contributed by atoms with Gasteiger partial charge in [-0.05, 0) is 49.0 Å². The number of benzene rings is 1. The minimum Gasteiger partial charge on any atom is -0.336 e. The summed E-state index contributed by atoms with van der Waals surface area (Å²) in [6, 6.07) is 11.9. The van der Waals surface area contributed by atoms with Gasteiger partial charge in [0.15, 0.2) is 0 Å². The molecule has 0 spiro atoms. The average Bonchev–Trinajstić information content (AvgIpc) is 3.37. The van der Waals surface area contributed by atoms with Gasteiger partial charge in [0.2, 0.25) is 0 Å². The molecule has 0 fully saturated rings. The number of nitrogens with zero attached hydrogens (tertiary/aromatic N) is 5. The van der Waals surface area contributed by atoms with E-state index in [9.17, 15) is 0 Å². The molecule has 4 aromatic rings. The molecule has 3 aromatic heterocycles. The van der Waals surface area contributed by atoms with Crippen LogP contribution in [0.3, 0.4) is 0 Å². The molecule has 3 heterocycles. The SMILES string of the molecule is CS(C)(C)c1n[nH]nc1-c1ccnc(-c2cn(CCc3ccccc3Cl)cn2)c1. The number of nitrogens with one attached hydrogen (secondary N) is 1. The minimum absolute atomic E-state index is 0.798. The van der Waals surface area contributed by atoms with E-state index in [4.69, 9.17) is 11.6 Å². The van der Waals surface area contributed by atoms with Crippen LogP contribution in [-0.2, 0) is 13.0 Å². The van der Waals surface area contributed by atoms with E-state index in [0.29, 0.717) is 0 Å². The molecule has 0 amide bonds. The summed E-state index contributed by atoms with van der Waals surface area (Å²) in [5, 5.41) is 13.3. The first-order valence-corrected chi connectivity index (χ1v) is 12.5. The van der Waals surface area contributed by atoms with Crippen molar-refractivity contribution in [3.05, 3.63) is 65.7 Å². The van der Waals surface area contributed by atoms with Crippen molar-refractivity contribution >= 4 is 21.6 Å². The fraction of sp³-hybridized carbons (Fsp3) is 0.238. The zero-order valence-corrected chi connectivity index (χ0v) is 18.2. The lowest BCUT2D eigenvalue weighted by atomic mass is 10.1. The molecular weight excluding hydrogens is 404 g/mol. The van der Waals surface area contributed by atoms with Gasteiger partial charge in [-0.15, -0.1) is 0 Å². The zero-order valence-electron chi connectivity index (χ0n) is 16.6. The molecule has 0 atom stereocenters. The summed E-state index contributed by atoms with van der Waals surface area (Å²) in [4.78, 5) is 9.05. The molecule has 1 N–H and O–H groups in total. The number of hydrogen-bond acceptors (Lipinski definition) is 4. The van der Waals surface area contributed by atoms with E-state index in [1.54, 1.807) is 6.20 Å². The van der Waals surface area contributed by atoms with Crippen LogP contribution in [0.15, 0.2) is 60.1 Å². The van der Waals surface area contributed by atoms with Gasteiger partial charge >= 0.3 is 0 Å². The maximum absolute atomic E-state index is 6.26. The summed E-state index contributed by atoms with van der Waals surface area (Å²) in [5.74, 6) is 0. The number of imidazole rings is 1.